The first-order valence-corrected chi connectivity index (χ1v) is 12.5. The monoisotopic (exact) mass is 581 g/mol. The van der Waals surface area contributed by atoms with E-state index < -0.39 is 22.5 Å². The van der Waals surface area contributed by atoms with Crippen molar-refractivity contribution in [3.8, 4) is 0 Å². The molecule has 166 valence electrons. The molecule has 0 radical (unpaired) electrons. The minimum Gasteiger partial charge on any atom is -0.271 e. The quantitative estimate of drug-likeness (QED) is 0.243. The molecule has 0 aromatic heterocycles. The van der Waals surface area contributed by atoms with Gasteiger partial charge in [0.05, 0.1) is 16.3 Å². The molecule has 0 aliphatic heterocycles. The van der Waals surface area contributed by atoms with Crippen LogP contribution in [0.2, 0.25) is 5.02 Å². The second kappa shape index (κ2) is 10.5. The first-order chi connectivity index (χ1) is 15.2. The standard InChI is InChI=1S/C23H21ClIN3O3S/c1-16-21(24)12-7-13-22(16)28(32(30,31)20-10-4-3-5-11-20)15-23(29)27-26-17(2)18-8-6-9-19(25)14-18/h3-14H,15H2,1-2H3,(H,27,29)/b26-17-. The minimum absolute atomic E-state index is 0.0747. The van der Waals surface area contributed by atoms with Crippen molar-refractivity contribution < 1.29 is 13.2 Å². The Balaban J connectivity index is 1.91. The topological polar surface area (TPSA) is 78.8 Å². The van der Waals surface area contributed by atoms with Crippen molar-refractivity contribution in [1.82, 2.24) is 5.43 Å². The lowest BCUT2D eigenvalue weighted by Gasteiger charge is -2.25. The summed E-state index contributed by atoms with van der Waals surface area (Å²) < 4.78 is 28.9. The predicted molar refractivity (Wildman–Crippen MR) is 137 cm³/mol. The van der Waals surface area contributed by atoms with Gasteiger partial charge in [-0.15, -0.1) is 0 Å². The number of sulfonamides is 1. The smallest absolute Gasteiger partial charge is 0.264 e. The van der Waals surface area contributed by atoms with Crippen LogP contribution in [0.4, 0.5) is 5.69 Å². The fourth-order valence-corrected chi connectivity index (χ4v) is 5.19. The average Bonchev–Trinajstić information content (AvgIpc) is 2.78. The van der Waals surface area contributed by atoms with Gasteiger partial charge in [-0.2, -0.15) is 5.10 Å². The third-order valence-corrected chi connectivity index (χ3v) is 7.57. The second-order valence-corrected chi connectivity index (χ2v) is 10.5. The third-order valence-electron chi connectivity index (χ3n) is 4.72. The number of benzene rings is 3. The molecule has 0 saturated heterocycles. The molecular formula is C23H21ClIN3O3S. The number of anilines is 1. The van der Waals surface area contributed by atoms with E-state index in [0.717, 1.165) is 13.4 Å². The van der Waals surface area contributed by atoms with Gasteiger partial charge in [-0.3, -0.25) is 9.10 Å². The van der Waals surface area contributed by atoms with Gasteiger partial charge in [0.1, 0.15) is 6.54 Å². The molecule has 6 nitrogen and oxygen atoms in total. The van der Waals surface area contributed by atoms with Gasteiger partial charge in [0, 0.05) is 8.59 Å². The molecule has 0 saturated carbocycles. The van der Waals surface area contributed by atoms with Crippen molar-refractivity contribution in [2.45, 2.75) is 18.7 Å². The van der Waals surface area contributed by atoms with E-state index in [-0.39, 0.29) is 4.90 Å². The van der Waals surface area contributed by atoms with Crippen LogP contribution in [-0.2, 0) is 14.8 Å². The van der Waals surface area contributed by atoms with E-state index in [1.165, 1.54) is 12.1 Å². The number of nitrogens with zero attached hydrogens (tertiary/aromatic N) is 2. The van der Waals surface area contributed by atoms with Gasteiger partial charge < -0.3 is 0 Å². The number of rotatable bonds is 7. The molecular weight excluding hydrogens is 561 g/mol. The molecule has 32 heavy (non-hydrogen) atoms. The Labute approximate surface area is 206 Å². The zero-order valence-electron chi connectivity index (χ0n) is 17.4. The van der Waals surface area contributed by atoms with Gasteiger partial charge in [0.25, 0.3) is 15.9 Å². The van der Waals surface area contributed by atoms with Crippen molar-refractivity contribution in [2.75, 3.05) is 10.8 Å². The van der Waals surface area contributed by atoms with Crippen LogP contribution >= 0.6 is 34.2 Å². The van der Waals surface area contributed by atoms with Crippen LogP contribution < -0.4 is 9.73 Å². The Morgan fingerprint density at radius 3 is 2.44 bits per heavy atom. The molecule has 9 heteroatoms. The molecule has 0 aliphatic carbocycles. The lowest BCUT2D eigenvalue weighted by atomic mass is 10.1. The summed E-state index contributed by atoms with van der Waals surface area (Å²) in [6, 6.07) is 20.6. The summed E-state index contributed by atoms with van der Waals surface area (Å²) in [7, 11) is -4.02. The largest absolute Gasteiger partial charge is 0.271 e. The van der Waals surface area contributed by atoms with Gasteiger partial charge in [-0.25, -0.2) is 13.8 Å². The van der Waals surface area contributed by atoms with Gasteiger partial charge in [-0.1, -0.05) is 48.0 Å². The summed E-state index contributed by atoms with van der Waals surface area (Å²) in [6.07, 6.45) is 0. The highest BCUT2D eigenvalue weighted by Gasteiger charge is 2.28. The third kappa shape index (κ3) is 5.67. The molecule has 0 spiro atoms. The van der Waals surface area contributed by atoms with Crippen LogP contribution in [0.3, 0.4) is 0 Å². The highest BCUT2D eigenvalue weighted by Crippen LogP contribution is 2.30. The highest BCUT2D eigenvalue weighted by atomic mass is 127. The lowest BCUT2D eigenvalue weighted by Crippen LogP contribution is -2.40. The zero-order chi connectivity index (χ0) is 23.3. The summed E-state index contributed by atoms with van der Waals surface area (Å²) in [5, 5.41) is 4.55. The summed E-state index contributed by atoms with van der Waals surface area (Å²) >= 11 is 8.43. The molecule has 0 heterocycles. The Morgan fingerprint density at radius 2 is 1.75 bits per heavy atom. The number of carbonyl (C=O) groups excluding carboxylic acids is 1. The van der Waals surface area contributed by atoms with E-state index in [0.29, 0.717) is 22.0 Å². The molecule has 0 atom stereocenters. The van der Waals surface area contributed by atoms with Crippen LogP contribution in [0.1, 0.15) is 18.1 Å². The van der Waals surface area contributed by atoms with E-state index in [2.05, 4.69) is 33.1 Å². The number of hydrazone groups is 1. The van der Waals surface area contributed by atoms with Crippen LogP contribution in [0.25, 0.3) is 0 Å². The molecule has 0 aliphatic rings. The van der Waals surface area contributed by atoms with Crippen molar-refractivity contribution in [2.24, 2.45) is 5.10 Å². The molecule has 0 fully saturated rings. The van der Waals surface area contributed by atoms with E-state index in [4.69, 9.17) is 11.6 Å². The normalized spacial score (nSPS) is 11.8. The first-order valence-electron chi connectivity index (χ1n) is 9.62. The predicted octanol–water partition coefficient (Wildman–Crippen LogP) is 4.99. The maximum absolute atomic E-state index is 13.4. The number of carbonyl (C=O) groups is 1. The Morgan fingerprint density at radius 1 is 1.06 bits per heavy atom. The van der Waals surface area contributed by atoms with Crippen molar-refractivity contribution in [1.29, 1.82) is 0 Å². The maximum Gasteiger partial charge on any atom is 0.264 e. The Bertz CT molecular complexity index is 1260. The Hall–Kier alpha value is -2.43. The fraction of sp³-hybridized carbons (Fsp3) is 0.130. The molecule has 3 aromatic rings. The van der Waals surface area contributed by atoms with E-state index in [1.54, 1.807) is 50.2 Å². The molecule has 0 unspecified atom stereocenters. The highest BCUT2D eigenvalue weighted by molar-refractivity contribution is 14.1. The van der Waals surface area contributed by atoms with Crippen molar-refractivity contribution >= 4 is 61.5 Å². The van der Waals surface area contributed by atoms with Crippen LogP contribution in [0.5, 0.6) is 0 Å². The molecule has 1 N–H and O–H groups in total. The van der Waals surface area contributed by atoms with E-state index >= 15 is 0 Å². The number of halogens is 2. The van der Waals surface area contributed by atoms with Crippen molar-refractivity contribution in [3.63, 3.8) is 0 Å². The van der Waals surface area contributed by atoms with Crippen LogP contribution in [0, 0.1) is 10.5 Å². The molecule has 1 amide bonds. The number of amides is 1. The lowest BCUT2D eigenvalue weighted by molar-refractivity contribution is -0.119. The van der Waals surface area contributed by atoms with Gasteiger partial charge in [-0.05, 0) is 84.0 Å². The number of hydrogen-bond donors (Lipinski definition) is 1. The summed E-state index contributed by atoms with van der Waals surface area (Å²) in [5.74, 6) is -0.575. The zero-order valence-corrected chi connectivity index (χ0v) is 21.1. The SMILES string of the molecule is C/C(=N/NC(=O)CN(c1cccc(Cl)c1C)S(=O)(=O)c1ccccc1)c1cccc(I)c1. The minimum atomic E-state index is -4.02. The van der Waals surface area contributed by atoms with Crippen LogP contribution in [-0.4, -0.2) is 26.6 Å². The van der Waals surface area contributed by atoms with Crippen LogP contribution in [0.15, 0.2) is 82.8 Å². The number of nitrogens with one attached hydrogen (secondary N) is 1. The molecule has 3 rings (SSSR count). The first kappa shape index (κ1) is 24.2. The van der Waals surface area contributed by atoms with Gasteiger partial charge in [0.2, 0.25) is 0 Å². The fourth-order valence-electron chi connectivity index (χ4n) is 2.98. The van der Waals surface area contributed by atoms with E-state index in [9.17, 15) is 13.2 Å². The maximum atomic E-state index is 13.4. The second-order valence-electron chi connectivity index (χ2n) is 6.95. The van der Waals surface area contributed by atoms with E-state index in [1.807, 2.05) is 24.3 Å². The van der Waals surface area contributed by atoms with Gasteiger partial charge in [0.15, 0.2) is 0 Å². The summed E-state index contributed by atoms with van der Waals surface area (Å²) in [6.45, 7) is 3.02. The number of hydrogen-bond acceptors (Lipinski definition) is 4. The summed E-state index contributed by atoms with van der Waals surface area (Å²) in [4.78, 5) is 12.8. The summed E-state index contributed by atoms with van der Waals surface area (Å²) in [5.41, 5.74) is 4.81. The average molecular weight is 582 g/mol. The Kier molecular flexibility index (Phi) is 7.91. The van der Waals surface area contributed by atoms with Gasteiger partial charge >= 0.3 is 0 Å². The molecule has 0 bridgehead atoms. The van der Waals surface area contributed by atoms with Crippen molar-refractivity contribution in [3.05, 3.63) is 92.5 Å². The molecule has 3 aromatic carbocycles.